The monoisotopic (exact) mass is 320 g/mol. The maximum Gasteiger partial charge on any atom is 0.254 e. The van der Waals surface area contributed by atoms with Crippen molar-refractivity contribution in [2.45, 2.75) is 18.9 Å². The first kappa shape index (κ1) is 14.9. The molecule has 1 amide bonds. The zero-order valence-corrected chi connectivity index (χ0v) is 13.7. The Labute approximate surface area is 141 Å². The lowest BCUT2D eigenvalue weighted by atomic mass is 9.87. The third-order valence-corrected chi connectivity index (χ3v) is 5.12. The van der Waals surface area contributed by atoms with E-state index in [9.17, 15) is 9.59 Å². The molecule has 1 fully saturated rings. The van der Waals surface area contributed by atoms with Gasteiger partial charge in [0.1, 0.15) is 0 Å². The van der Waals surface area contributed by atoms with Crippen LogP contribution in [0.4, 0.5) is 5.69 Å². The van der Waals surface area contributed by atoms with Gasteiger partial charge in [0.25, 0.3) is 5.91 Å². The number of ketones is 1. The predicted molar refractivity (Wildman–Crippen MR) is 93.3 cm³/mol. The second-order valence-corrected chi connectivity index (χ2v) is 6.41. The average molecular weight is 320 g/mol. The third-order valence-electron chi connectivity index (χ3n) is 5.12. The second-order valence-electron chi connectivity index (χ2n) is 6.41. The summed E-state index contributed by atoms with van der Waals surface area (Å²) in [5, 5.41) is 0. The van der Waals surface area contributed by atoms with Crippen molar-refractivity contribution in [3.63, 3.8) is 0 Å². The summed E-state index contributed by atoms with van der Waals surface area (Å²) >= 11 is 0. The fraction of sp³-hybridized carbons (Fsp3) is 0.300. The Morgan fingerprint density at radius 2 is 1.79 bits per heavy atom. The van der Waals surface area contributed by atoms with Crippen molar-refractivity contribution in [2.24, 2.45) is 0 Å². The Balaban J connectivity index is 1.66. The highest BCUT2D eigenvalue weighted by Gasteiger charge is 2.46. The molecule has 1 saturated heterocycles. The minimum absolute atomic E-state index is 0.0429. The number of hydrogen-bond donors (Lipinski definition) is 0. The van der Waals surface area contributed by atoms with Crippen LogP contribution in [0, 0.1) is 0 Å². The van der Waals surface area contributed by atoms with Crippen molar-refractivity contribution in [3.05, 3.63) is 65.7 Å². The number of fused-ring (bicyclic) bond motifs is 3. The molecule has 122 valence electrons. The first-order valence-electron chi connectivity index (χ1n) is 8.43. The zero-order valence-electron chi connectivity index (χ0n) is 13.7. The van der Waals surface area contributed by atoms with E-state index in [0.29, 0.717) is 12.1 Å². The van der Waals surface area contributed by atoms with Gasteiger partial charge in [-0.25, -0.2) is 0 Å². The van der Waals surface area contributed by atoms with E-state index in [1.54, 1.807) is 17.0 Å². The molecule has 2 aromatic carbocycles. The molecule has 0 N–H and O–H groups in total. The third kappa shape index (κ3) is 2.21. The van der Waals surface area contributed by atoms with Gasteiger partial charge in [-0.15, -0.1) is 0 Å². The van der Waals surface area contributed by atoms with Gasteiger partial charge in [-0.2, -0.15) is 0 Å². The summed E-state index contributed by atoms with van der Waals surface area (Å²) in [6, 6.07) is 17.4. The number of hydrogen-bond acceptors (Lipinski definition) is 3. The van der Waals surface area contributed by atoms with Crippen molar-refractivity contribution in [3.8, 4) is 0 Å². The molecule has 0 bridgehead atoms. The van der Waals surface area contributed by atoms with Crippen LogP contribution in [-0.2, 0) is 4.79 Å². The Kier molecular flexibility index (Phi) is 3.60. The number of amides is 1. The van der Waals surface area contributed by atoms with Gasteiger partial charge in [0.05, 0.1) is 18.5 Å². The van der Waals surface area contributed by atoms with Gasteiger partial charge >= 0.3 is 0 Å². The smallest absolute Gasteiger partial charge is 0.254 e. The summed E-state index contributed by atoms with van der Waals surface area (Å²) in [6.07, 6.45) is 0. The standard InChI is InChI=1S/C20H20N2O2/c1-2-22-16-11-7-6-10-15(16)19-17(22)12-21(13-18(19)23)20(24)14-8-4-3-5-9-14/h3-11,17,19H,2,12-13H2,1H3. The van der Waals surface area contributed by atoms with Crippen LogP contribution >= 0.6 is 0 Å². The molecule has 4 heteroatoms. The largest absolute Gasteiger partial charge is 0.366 e. The summed E-state index contributed by atoms with van der Waals surface area (Å²) in [4.78, 5) is 29.6. The number of Topliss-reactive ketones (excluding diaryl/α,β-unsaturated/α-hetero) is 1. The first-order chi connectivity index (χ1) is 11.7. The molecule has 2 aromatic rings. The summed E-state index contributed by atoms with van der Waals surface area (Å²) in [5.41, 5.74) is 2.89. The number of carbonyl (C=O) groups excluding carboxylic acids is 2. The fourth-order valence-corrected chi connectivity index (χ4v) is 4.07. The molecule has 0 aromatic heterocycles. The molecule has 2 aliphatic heterocycles. The fourth-order valence-electron chi connectivity index (χ4n) is 4.07. The number of para-hydroxylation sites is 1. The van der Waals surface area contributed by atoms with E-state index in [2.05, 4.69) is 24.0 Å². The number of nitrogens with zero attached hydrogens (tertiary/aromatic N) is 2. The van der Waals surface area contributed by atoms with Crippen molar-refractivity contribution in [1.29, 1.82) is 0 Å². The molecule has 24 heavy (non-hydrogen) atoms. The van der Waals surface area contributed by atoms with Gasteiger partial charge in [-0.3, -0.25) is 9.59 Å². The SMILES string of the molecule is CCN1c2ccccc2C2C(=O)CN(C(=O)c3ccccc3)CC21. The number of likely N-dealkylation sites (N-methyl/N-ethyl adjacent to an activating group) is 1. The van der Waals surface area contributed by atoms with Gasteiger partial charge in [-0.1, -0.05) is 36.4 Å². The van der Waals surface area contributed by atoms with Crippen LogP contribution in [0.1, 0.15) is 28.8 Å². The van der Waals surface area contributed by atoms with Gasteiger partial charge in [0, 0.05) is 24.3 Å². The molecule has 0 spiro atoms. The number of rotatable bonds is 2. The van der Waals surface area contributed by atoms with E-state index in [-0.39, 0.29) is 30.2 Å². The molecule has 2 atom stereocenters. The summed E-state index contributed by atoms with van der Waals surface area (Å²) in [7, 11) is 0. The Bertz CT molecular complexity index is 787. The maximum atomic E-state index is 12.8. The lowest BCUT2D eigenvalue weighted by Gasteiger charge is -2.38. The molecule has 2 aliphatic rings. The van der Waals surface area contributed by atoms with Crippen LogP contribution in [0.2, 0.25) is 0 Å². The summed E-state index contributed by atoms with van der Waals surface area (Å²) in [6.45, 7) is 3.72. The minimum atomic E-state index is -0.110. The highest BCUT2D eigenvalue weighted by atomic mass is 16.2. The van der Waals surface area contributed by atoms with E-state index in [1.165, 1.54) is 0 Å². The van der Waals surface area contributed by atoms with Crippen molar-refractivity contribution < 1.29 is 9.59 Å². The van der Waals surface area contributed by atoms with E-state index >= 15 is 0 Å². The Morgan fingerprint density at radius 1 is 1.08 bits per heavy atom. The van der Waals surface area contributed by atoms with Crippen molar-refractivity contribution >= 4 is 17.4 Å². The normalized spacial score (nSPS) is 22.3. The van der Waals surface area contributed by atoms with E-state index in [4.69, 9.17) is 0 Å². The lowest BCUT2D eigenvalue weighted by Crippen LogP contribution is -2.54. The molecule has 2 unspecified atom stereocenters. The van der Waals surface area contributed by atoms with Crippen LogP contribution in [0.15, 0.2) is 54.6 Å². The maximum absolute atomic E-state index is 12.8. The Morgan fingerprint density at radius 3 is 2.54 bits per heavy atom. The van der Waals surface area contributed by atoms with Crippen LogP contribution < -0.4 is 4.90 Å². The quantitative estimate of drug-likeness (QED) is 0.854. The van der Waals surface area contributed by atoms with E-state index in [1.807, 2.05) is 30.3 Å². The summed E-state index contributed by atoms with van der Waals surface area (Å²) in [5.74, 6) is -0.0330. The number of benzene rings is 2. The molecule has 0 aliphatic carbocycles. The number of carbonyl (C=O) groups is 2. The highest BCUT2D eigenvalue weighted by Crippen LogP contribution is 2.43. The molecule has 0 radical (unpaired) electrons. The zero-order chi connectivity index (χ0) is 16.7. The van der Waals surface area contributed by atoms with Crippen LogP contribution in [-0.4, -0.2) is 42.3 Å². The van der Waals surface area contributed by atoms with Crippen LogP contribution in [0.3, 0.4) is 0 Å². The Hall–Kier alpha value is -2.62. The first-order valence-corrected chi connectivity index (χ1v) is 8.43. The van der Waals surface area contributed by atoms with E-state index < -0.39 is 0 Å². The number of piperidine rings is 1. The van der Waals surface area contributed by atoms with Crippen LogP contribution in [0.5, 0.6) is 0 Å². The molecule has 0 saturated carbocycles. The molecule has 4 nitrogen and oxygen atoms in total. The second kappa shape index (κ2) is 5.78. The van der Waals surface area contributed by atoms with Crippen molar-refractivity contribution in [1.82, 2.24) is 4.90 Å². The number of likely N-dealkylation sites (tertiary alicyclic amines) is 1. The number of anilines is 1. The van der Waals surface area contributed by atoms with Gasteiger partial charge in [0.2, 0.25) is 0 Å². The van der Waals surface area contributed by atoms with E-state index in [0.717, 1.165) is 17.8 Å². The molecular formula is C20H20N2O2. The lowest BCUT2D eigenvalue weighted by molar-refractivity contribution is -0.123. The minimum Gasteiger partial charge on any atom is -0.366 e. The van der Waals surface area contributed by atoms with Crippen molar-refractivity contribution in [2.75, 3.05) is 24.5 Å². The van der Waals surface area contributed by atoms with Gasteiger partial charge < -0.3 is 9.80 Å². The molecule has 4 rings (SSSR count). The summed E-state index contributed by atoms with van der Waals surface area (Å²) < 4.78 is 0. The predicted octanol–water partition coefficient (Wildman–Crippen LogP) is 2.70. The molecule has 2 heterocycles. The topological polar surface area (TPSA) is 40.6 Å². The highest BCUT2D eigenvalue weighted by molar-refractivity contribution is 6.00. The molecular weight excluding hydrogens is 300 g/mol. The average Bonchev–Trinajstić information content (AvgIpc) is 2.95. The van der Waals surface area contributed by atoms with Crippen LogP contribution in [0.25, 0.3) is 0 Å². The van der Waals surface area contributed by atoms with Gasteiger partial charge in [-0.05, 0) is 30.7 Å². The van der Waals surface area contributed by atoms with Gasteiger partial charge in [0.15, 0.2) is 5.78 Å².